The largest absolute Gasteiger partial charge is 0.330 e. The fraction of sp³-hybridized carbons (Fsp3) is 1.00. The Balaban J connectivity index is 2.34. The summed E-state index contributed by atoms with van der Waals surface area (Å²) in [7, 11) is 0. The van der Waals surface area contributed by atoms with Gasteiger partial charge >= 0.3 is 0 Å². The Morgan fingerprint density at radius 3 is 2.38 bits per heavy atom. The van der Waals surface area contributed by atoms with Gasteiger partial charge in [-0.05, 0) is 19.4 Å². The van der Waals surface area contributed by atoms with Gasteiger partial charge in [0.15, 0.2) is 0 Å². The van der Waals surface area contributed by atoms with Gasteiger partial charge in [0.2, 0.25) is 0 Å². The van der Waals surface area contributed by atoms with E-state index in [9.17, 15) is 4.39 Å². The standard InChI is InChI=1S/C6H12FN/c1-5(4-8)6(7)2-3-6/h5H,2-4,8H2,1H3. The van der Waals surface area contributed by atoms with Gasteiger partial charge in [-0.3, -0.25) is 0 Å². The minimum Gasteiger partial charge on any atom is -0.330 e. The molecule has 0 aliphatic heterocycles. The van der Waals surface area contributed by atoms with E-state index in [2.05, 4.69) is 0 Å². The zero-order valence-electron chi connectivity index (χ0n) is 5.15. The van der Waals surface area contributed by atoms with Gasteiger partial charge in [-0.2, -0.15) is 0 Å². The zero-order chi connectivity index (χ0) is 6.20. The summed E-state index contributed by atoms with van der Waals surface area (Å²) in [6.45, 7) is 2.35. The molecule has 2 heteroatoms. The maximum atomic E-state index is 12.8. The van der Waals surface area contributed by atoms with Crippen LogP contribution in [0.4, 0.5) is 4.39 Å². The van der Waals surface area contributed by atoms with Gasteiger partial charge in [-0.25, -0.2) is 4.39 Å². The lowest BCUT2D eigenvalue weighted by Crippen LogP contribution is -2.22. The molecule has 1 nitrogen and oxygen atoms in total. The van der Waals surface area contributed by atoms with Gasteiger partial charge in [0, 0.05) is 5.92 Å². The quantitative estimate of drug-likeness (QED) is 0.575. The third-order valence-corrected chi connectivity index (χ3v) is 1.96. The summed E-state index contributed by atoms with van der Waals surface area (Å²) in [5.74, 6) is 0.0718. The van der Waals surface area contributed by atoms with Gasteiger partial charge in [-0.15, -0.1) is 0 Å². The average molecular weight is 117 g/mol. The molecule has 1 saturated carbocycles. The van der Waals surface area contributed by atoms with Crippen LogP contribution < -0.4 is 5.73 Å². The molecule has 0 aromatic heterocycles. The summed E-state index contributed by atoms with van der Waals surface area (Å²) in [4.78, 5) is 0. The average Bonchev–Trinajstić information content (AvgIpc) is 2.47. The molecule has 1 atom stereocenters. The molecule has 1 rings (SSSR count). The molecule has 0 aromatic carbocycles. The molecule has 0 radical (unpaired) electrons. The first-order valence-corrected chi connectivity index (χ1v) is 3.08. The van der Waals surface area contributed by atoms with E-state index in [1.807, 2.05) is 6.92 Å². The monoisotopic (exact) mass is 117 g/mol. The minimum absolute atomic E-state index is 0.0718. The fourth-order valence-electron chi connectivity index (χ4n) is 0.823. The Kier molecular flexibility index (Phi) is 1.27. The number of alkyl halides is 1. The van der Waals surface area contributed by atoms with E-state index in [4.69, 9.17) is 5.73 Å². The van der Waals surface area contributed by atoms with Gasteiger partial charge < -0.3 is 5.73 Å². The number of hydrogen-bond acceptors (Lipinski definition) is 1. The Morgan fingerprint density at radius 1 is 1.75 bits per heavy atom. The van der Waals surface area contributed by atoms with Crippen molar-refractivity contribution in [1.82, 2.24) is 0 Å². The summed E-state index contributed by atoms with van der Waals surface area (Å²) in [6, 6.07) is 0. The molecule has 1 aliphatic carbocycles. The zero-order valence-corrected chi connectivity index (χ0v) is 5.15. The second-order valence-electron chi connectivity index (χ2n) is 2.67. The van der Waals surface area contributed by atoms with E-state index in [1.54, 1.807) is 0 Å². The maximum Gasteiger partial charge on any atom is 0.115 e. The van der Waals surface area contributed by atoms with Crippen LogP contribution in [-0.4, -0.2) is 12.2 Å². The molecule has 0 amide bonds. The van der Waals surface area contributed by atoms with Crippen LogP contribution in [0.15, 0.2) is 0 Å². The lowest BCUT2D eigenvalue weighted by molar-refractivity contribution is 0.220. The third kappa shape index (κ3) is 0.848. The van der Waals surface area contributed by atoms with Crippen molar-refractivity contribution in [1.29, 1.82) is 0 Å². The molecule has 0 bridgehead atoms. The first kappa shape index (κ1) is 6.02. The molecular formula is C6H12FN. The van der Waals surface area contributed by atoms with E-state index in [0.717, 1.165) is 12.8 Å². The van der Waals surface area contributed by atoms with E-state index in [-0.39, 0.29) is 5.92 Å². The van der Waals surface area contributed by atoms with Gasteiger partial charge in [0.05, 0.1) is 0 Å². The van der Waals surface area contributed by atoms with Gasteiger partial charge in [0.1, 0.15) is 5.67 Å². The van der Waals surface area contributed by atoms with Crippen molar-refractivity contribution in [2.45, 2.75) is 25.4 Å². The lowest BCUT2D eigenvalue weighted by atomic mass is 10.1. The second-order valence-corrected chi connectivity index (χ2v) is 2.67. The normalized spacial score (nSPS) is 27.4. The van der Waals surface area contributed by atoms with Crippen molar-refractivity contribution in [3.8, 4) is 0 Å². The van der Waals surface area contributed by atoms with Crippen LogP contribution in [0, 0.1) is 5.92 Å². The Bertz CT molecular complexity index is 88.5. The number of nitrogens with two attached hydrogens (primary N) is 1. The van der Waals surface area contributed by atoms with Crippen LogP contribution in [0.1, 0.15) is 19.8 Å². The molecule has 0 heterocycles. The summed E-state index contributed by atoms with van der Waals surface area (Å²) in [5, 5.41) is 0. The molecule has 1 unspecified atom stereocenters. The number of halogens is 1. The maximum absolute atomic E-state index is 12.8. The molecule has 8 heavy (non-hydrogen) atoms. The second kappa shape index (κ2) is 1.69. The predicted octanol–water partition coefficient (Wildman–Crippen LogP) is 1.08. The van der Waals surface area contributed by atoms with E-state index in [1.165, 1.54) is 0 Å². The highest BCUT2D eigenvalue weighted by Crippen LogP contribution is 2.45. The van der Waals surface area contributed by atoms with Gasteiger partial charge in [0.25, 0.3) is 0 Å². The van der Waals surface area contributed by atoms with E-state index < -0.39 is 5.67 Å². The van der Waals surface area contributed by atoms with E-state index >= 15 is 0 Å². The van der Waals surface area contributed by atoms with Crippen LogP contribution >= 0.6 is 0 Å². The van der Waals surface area contributed by atoms with Crippen molar-refractivity contribution >= 4 is 0 Å². The Labute approximate surface area is 49.1 Å². The van der Waals surface area contributed by atoms with Crippen LogP contribution in [0.3, 0.4) is 0 Å². The summed E-state index contributed by atoms with van der Waals surface area (Å²) in [5.41, 5.74) is 4.39. The van der Waals surface area contributed by atoms with Crippen molar-refractivity contribution in [3.63, 3.8) is 0 Å². The van der Waals surface area contributed by atoms with Crippen molar-refractivity contribution in [2.75, 3.05) is 6.54 Å². The van der Waals surface area contributed by atoms with E-state index in [0.29, 0.717) is 6.54 Å². The molecule has 1 aliphatic rings. The molecule has 0 spiro atoms. The first-order valence-electron chi connectivity index (χ1n) is 3.08. The van der Waals surface area contributed by atoms with Gasteiger partial charge in [-0.1, -0.05) is 6.92 Å². The van der Waals surface area contributed by atoms with Crippen LogP contribution in [-0.2, 0) is 0 Å². The molecule has 48 valence electrons. The van der Waals surface area contributed by atoms with Crippen molar-refractivity contribution in [2.24, 2.45) is 11.7 Å². The molecule has 0 aromatic rings. The predicted molar refractivity (Wildman–Crippen MR) is 31.3 cm³/mol. The Morgan fingerprint density at radius 2 is 2.25 bits per heavy atom. The highest BCUT2D eigenvalue weighted by Gasteiger charge is 2.47. The summed E-state index contributed by atoms with van der Waals surface area (Å²) < 4.78 is 12.8. The van der Waals surface area contributed by atoms with Crippen molar-refractivity contribution in [3.05, 3.63) is 0 Å². The lowest BCUT2D eigenvalue weighted by Gasteiger charge is -2.10. The summed E-state index contributed by atoms with van der Waals surface area (Å²) >= 11 is 0. The third-order valence-electron chi connectivity index (χ3n) is 1.96. The van der Waals surface area contributed by atoms with Crippen LogP contribution in [0.5, 0.6) is 0 Å². The number of hydrogen-bond donors (Lipinski definition) is 1. The molecule has 0 saturated heterocycles. The van der Waals surface area contributed by atoms with Crippen LogP contribution in [0.2, 0.25) is 0 Å². The Hall–Kier alpha value is -0.110. The molecular weight excluding hydrogens is 105 g/mol. The highest BCUT2D eigenvalue weighted by molar-refractivity contribution is 4.98. The summed E-state index contributed by atoms with van der Waals surface area (Å²) in [6.07, 6.45) is 1.46. The highest BCUT2D eigenvalue weighted by atomic mass is 19.1. The smallest absolute Gasteiger partial charge is 0.115 e. The van der Waals surface area contributed by atoms with Crippen LogP contribution in [0.25, 0.3) is 0 Å². The fourth-order valence-corrected chi connectivity index (χ4v) is 0.823. The topological polar surface area (TPSA) is 26.0 Å². The molecule has 2 N–H and O–H groups in total. The first-order chi connectivity index (χ1) is 3.69. The SMILES string of the molecule is CC(CN)C1(F)CC1. The van der Waals surface area contributed by atoms with Crippen molar-refractivity contribution < 1.29 is 4.39 Å². The number of rotatable bonds is 2. The molecule has 1 fully saturated rings. The minimum atomic E-state index is -0.866.